The molecule has 1 saturated carbocycles. The molecule has 0 radical (unpaired) electrons. The van der Waals surface area contributed by atoms with Crippen molar-refractivity contribution >= 4 is 44.6 Å². The number of nitrogens with two attached hydrogens (primary N) is 1. The molecule has 2 aliphatic rings. The van der Waals surface area contributed by atoms with E-state index in [-0.39, 0.29) is 40.5 Å². The van der Waals surface area contributed by atoms with E-state index in [1.807, 2.05) is 23.4 Å². The van der Waals surface area contributed by atoms with Gasteiger partial charge in [-0.15, -0.1) is 11.3 Å². The van der Waals surface area contributed by atoms with Gasteiger partial charge in [0, 0.05) is 24.2 Å². The van der Waals surface area contributed by atoms with Crippen LogP contribution < -0.4 is 11.1 Å². The van der Waals surface area contributed by atoms with Gasteiger partial charge in [-0.3, -0.25) is 14.0 Å². The normalized spacial score (nSPS) is 21.2. The lowest BCUT2D eigenvalue weighted by molar-refractivity contribution is 0.0577. The summed E-state index contributed by atoms with van der Waals surface area (Å²) in [5.41, 5.74) is 7.99. The topological polar surface area (TPSA) is 106 Å². The Bertz CT molecular complexity index is 1460. The third kappa shape index (κ3) is 3.69. The summed E-state index contributed by atoms with van der Waals surface area (Å²) in [5.74, 6) is -0.500. The number of thiazole rings is 2. The molecule has 6 rings (SSSR count). The summed E-state index contributed by atoms with van der Waals surface area (Å²) in [6.07, 6.45) is 4.68. The van der Waals surface area contributed by atoms with Crippen LogP contribution in [0, 0.1) is 18.7 Å². The quantitative estimate of drug-likeness (QED) is 0.423. The first-order valence-electron chi connectivity index (χ1n) is 11.5. The van der Waals surface area contributed by atoms with E-state index in [0.717, 1.165) is 24.2 Å². The average molecular weight is 511 g/mol. The minimum atomic E-state index is -0.386. The number of rotatable bonds is 5. The number of anilines is 1. The molecule has 2 bridgehead atoms. The number of aryl methyl sites for hydroxylation is 1. The molecule has 1 aliphatic heterocycles. The van der Waals surface area contributed by atoms with E-state index in [1.54, 1.807) is 16.5 Å². The summed E-state index contributed by atoms with van der Waals surface area (Å²) in [5, 5.41) is 5.20. The highest BCUT2D eigenvalue weighted by atomic mass is 32.1. The molecule has 1 aromatic carbocycles. The Kier molecular flexibility index (Phi) is 5.33. The number of nitrogen functional groups attached to an aromatic ring is 1. The smallest absolute Gasteiger partial charge is 0.274 e. The molecule has 1 saturated heterocycles. The van der Waals surface area contributed by atoms with Crippen molar-refractivity contribution in [2.75, 3.05) is 12.3 Å². The zero-order valence-electron chi connectivity index (χ0n) is 18.9. The number of amides is 2. The number of aromatic nitrogens is 3. The van der Waals surface area contributed by atoms with Crippen LogP contribution in [0.2, 0.25) is 0 Å². The zero-order chi connectivity index (χ0) is 24.3. The van der Waals surface area contributed by atoms with Crippen molar-refractivity contribution in [2.45, 2.75) is 38.3 Å². The Labute approximate surface area is 208 Å². The van der Waals surface area contributed by atoms with Gasteiger partial charge in [0.05, 0.1) is 16.6 Å². The molecule has 4 aromatic rings. The molecule has 3 atom stereocenters. The number of hydrogen-bond acceptors (Lipinski definition) is 7. The number of imidazole rings is 1. The van der Waals surface area contributed by atoms with E-state index in [2.05, 4.69) is 15.3 Å². The number of hydrogen-bond donors (Lipinski definition) is 2. The predicted molar refractivity (Wildman–Crippen MR) is 133 cm³/mol. The molecule has 2 fully saturated rings. The van der Waals surface area contributed by atoms with Gasteiger partial charge in [0.15, 0.2) is 10.1 Å². The van der Waals surface area contributed by atoms with Crippen LogP contribution in [0.5, 0.6) is 0 Å². The second kappa shape index (κ2) is 8.42. The molecule has 3 N–H and O–H groups in total. The first kappa shape index (κ1) is 22.2. The Hall–Kier alpha value is -3.31. The minimum Gasteiger partial charge on any atom is -0.375 e. The first-order chi connectivity index (χ1) is 16.9. The number of halogens is 1. The molecule has 11 heteroatoms. The number of fused-ring (bicyclic) bond motifs is 3. The highest BCUT2D eigenvalue weighted by Gasteiger charge is 2.49. The molecule has 35 heavy (non-hydrogen) atoms. The van der Waals surface area contributed by atoms with E-state index >= 15 is 0 Å². The van der Waals surface area contributed by atoms with Crippen molar-refractivity contribution in [1.82, 2.24) is 24.6 Å². The lowest BCUT2D eigenvalue weighted by Gasteiger charge is -2.35. The molecule has 4 heterocycles. The predicted octanol–water partition coefficient (Wildman–Crippen LogP) is 3.97. The van der Waals surface area contributed by atoms with Crippen LogP contribution in [-0.4, -0.2) is 49.7 Å². The van der Waals surface area contributed by atoms with Crippen molar-refractivity contribution < 1.29 is 14.0 Å². The van der Waals surface area contributed by atoms with E-state index in [0.29, 0.717) is 34.3 Å². The van der Waals surface area contributed by atoms with E-state index in [4.69, 9.17) is 5.73 Å². The SMILES string of the molecule is Cc1nc2sccn2c1C(=O)NC[C@@H]1[C@H]2CC[C@H](C2)N1C(=O)c1nc(N)sc1-c1cccc(F)c1. The Morgan fingerprint density at radius 1 is 1.29 bits per heavy atom. The average Bonchev–Trinajstić information content (AvgIpc) is 3.63. The van der Waals surface area contributed by atoms with Gasteiger partial charge in [0.1, 0.15) is 17.2 Å². The minimum absolute atomic E-state index is 0.0953. The fourth-order valence-corrected chi connectivity index (χ4v) is 7.13. The Morgan fingerprint density at radius 3 is 2.97 bits per heavy atom. The van der Waals surface area contributed by atoms with Gasteiger partial charge in [-0.2, -0.15) is 0 Å². The van der Waals surface area contributed by atoms with Gasteiger partial charge < -0.3 is 16.0 Å². The maximum Gasteiger partial charge on any atom is 0.274 e. The largest absolute Gasteiger partial charge is 0.375 e. The number of benzene rings is 1. The van der Waals surface area contributed by atoms with Crippen LogP contribution in [0.3, 0.4) is 0 Å². The van der Waals surface area contributed by atoms with Crippen molar-refractivity contribution in [3.8, 4) is 10.4 Å². The molecule has 180 valence electrons. The highest BCUT2D eigenvalue weighted by Crippen LogP contribution is 2.44. The number of likely N-dealkylation sites (tertiary alicyclic amines) is 1. The van der Waals surface area contributed by atoms with Crippen LogP contribution >= 0.6 is 22.7 Å². The highest BCUT2D eigenvalue weighted by molar-refractivity contribution is 7.19. The number of carbonyl (C=O) groups excluding carboxylic acids is 2. The Balaban J connectivity index is 1.26. The number of nitrogens with zero attached hydrogens (tertiary/aromatic N) is 4. The number of carbonyl (C=O) groups is 2. The van der Waals surface area contributed by atoms with E-state index < -0.39 is 0 Å². The maximum absolute atomic E-state index is 13.9. The fraction of sp³-hybridized carbons (Fsp3) is 0.333. The summed E-state index contributed by atoms with van der Waals surface area (Å²) < 4.78 is 15.7. The van der Waals surface area contributed by atoms with Gasteiger partial charge in [-0.05, 0) is 49.8 Å². The lowest BCUT2D eigenvalue weighted by atomic mass is 9.98. The van der Waals surface area contributed by atoms with Gasteiger partial charge >= 0.3 is 0 Å². The van der Waals surface area contributed by atoms with Crippen LogP contribution in [0.4, 0.5) is 9.52 Å². The molecule has 3 aromatic heterocycles. The maximum atomic E-state index is 13.9. The monoisotopic (exact) mass is 510 g/mol. The van der Waals surface area contributed by atoms with E-state index in [9.17, 15) is 14.0 Å². The van der Waals surface area contributed by atoms with Gasteiger partial charge in [0.2, 0.25) is 0 Å². The van der Waals surface area contributed by atoms with E-state index in [1.165, 1.54) is 34.8 Å². The van der Waals surface area contributed by atoms with Crippen molar-refractivity contribution in [3.63, 3.8) is 0 Å². The summed E-state index contributed by atoms with van der Waals surface area (Å²) in [6, 6.07) is 6.06. The van der Waals surface area contributed by atoms with Crippen LogP contribution in [0.1, 0.15) is 45.9 Å². The number of piperidine rings is 1. The lowest BCUT2D eigenvalue weighted by Crippen LogP contribution is -2.50. The molecular formula is C24H23FN6O2S2. The third-order valence-corrected chi connectivity index (χ3v) is 8.72. The van der Waals surface area contributed by atoms with Crippen molar-refractivity contribution in [3.05, 3.63) is 58.7 Å². The summed E-state index contributed by atoms with van der Waals surface area (Å²) in [7, 11) is 0. The molecule has 0 unspecified atom stereocenters. The summed E-state index contributed by atoms with van der Waals surface area (Å²) >= 11 is 2.66. The van der Waals surface area contributed by atoms with Crippen LogP contribution in [0.15, 0.2) is 35.8 Å². The van der Waals surface area contributed by atoms with Gasteiger partial charge in [-0.1, -0.05) is 23.5 Å². The van der Waals surface area contributed by atoms with Crippen molar-refractivity contribution in [1.29, 1.82) is 0 Å². The molecular weight excluding hydrogens is 487 g/mol. The van der Waals surface area contributed by atoms with Crippen LogP contribution in [0.25, 0.3) is 15.4 Å². The van der Waals surface area contributed by atoms with Crippen molar-refractivity contribution in [2.24, 2.45) is 5.92 Å². The second-order valence-electron chi connectivity index (χ2n) is 9.06. The third-order valence-electron chi connectivity index (χ3n) is 7.03. The standard InChI is InChI=1S/C24H23FN6O2S2/c1-12-19(30-7-8-34-24(30)28-12)21(32)27-11-17-13-5-6-16(10-13)31(17)22(33)18-20(35-23(26)29-18)14-3-2-4-15(25)9-14/h2-4,7-9,13,16-17H,5-6,10-11H2,1H3,(H2,26,29)(H,27,32)/t13-,16+,17+/m0/s1. The first-order valence-corrected chi connectivity index (χ1v) is 13.2. The molecule has 2 amide bonds. The molecule has 8 nitrogen and oxygen atoms in total. The number of nitrogens with one attached hydrogen (secondary N) is 1. The second-order valence-corrected chi connectivity index (χ2v) is 11.0. The van der Waals surface area contributed by atoms with Gasteiger partial charge in [0.25, 0.3) is 11.8 Å². The summed E-state index contributed by atoms with van der Waals surface area (Å²) in [4.78, 5) is 38.9. The van der Waals surface area contributed by atoms with Gasteiger partial charge in [-0.25, -0.2) is 14.4 Å². The zero-order valence-corrected chi connectivity index (χ0v) is 20.5. The van der Waals surface area contributed by atoms with Crippen LogP contribution in [-0.2, 0) is 0 Å². The Morgan fingerprint density at radius 2 is 2.14 bits per heavy atom. The molecule has 1 aliphatic carbocycles. The fourth-order valence-electron chi connectivity index (χ4n) is 5.55. The summed E-state index contributed by atoms with van der Waals surface area (Å²) in [6.45, 7) is 2.17. The molecule has 0 spiro atoms.